The molecule has 2 fully saturated rings. The van der Waals surface area contributed by atoms with Crippen molar-refractivity contribution < 1.29 is 14.7 Å². The smallest absolute Gasteiger partial charge is 0.229 e. The minimum Gasteiger partial charge on any atom is -0.374 e. The average molecular weight is 413 g/mol. The van der Waals surface area contributed by atoms with Gasteiger partial charge in [-0.05, 0) is 55.9 Å². The van der Waals surface area contributed by atoms with E-state index in [9.17, 15) is 14.7 Å². The SMILES string of the molecule is CC1CCCC(=O)N1c1ccc(-c2cccc(C3CCC(O)NC3=O)c2Cl)cc1. The van der Waals surface area contributed by atoms with E-state index in [1.807, 2.05) is 47.4 Å². The lowest BCUT2D eigenvalue weighted by molar-refractivity contribution is -0.128. The van der Waals surface area contributed by atoms with E-state index in [0.29, 0.717) is 24.3 Å². The first-order valence-corrected chi connectivity index (χ1v) is 10.5. The third kappa shape index (κ3) is 3.89. The maximum absolute atomic E-state index is 12.3. The number of nitrogens with zero attached hydrogens (tertiary/aromatic N) is 1. The minimum atomic E-state index is -0.784. The van der Waals surface area contributed by atoms with E-state index in [-0.39, 0.29) is 23.8 Å². The summed E-state index contributed by atoms with van der Waals surface area (Å²) in [6.45, 7) is 2.08. The molecule has 0 radical (unpaired) electrons. The van der Waals surface area contributed by atoms with Crippen LogP contribution in [0.5, 0.6) is 0 Å². The van der Waals surface area contributed by atoms with Gasteiger partial charge >= 0.3 is 0 Å². The van der Waals surface area contributed by atoms with Gasteiger partial charge < -0.3 is 15.3 Å². The van der Waals surface area contributed by atoms with Crippen molar-refractivity contribution in [2.75, 3.05) is 4.90 Å². The molecule has 3 unspecified atom stereocenters. The normalized spacial score (nSPS) is 25.1. The summed E-state index contributed by atoms with van der Waals surface area (Å²) in [4.78, 5) is 26.5. The average Bonchev–Trinajstić information content (AvgIpc) is 2.69. The number of amides is 2. The second-order valence-electron chi connectivity index (χ2n) is 7.91. The Morgan fingerprint density at radius 1 is 1.07 bits per heavy atom. The molecule has 2 heterocycles. The van der Waals surface area contributed by atoms with Gasteiger partial charge in [-0.15, -0.1) is 0 Å². The number of rotatable bonds is 3. The standard InChI is InChI=1S/C23H25ClN2O3/c1-14-4-2-7-21(28)26(14)16-10-8-15(9-11-16)17-5-3-6-18(22(17)24)19-12-13-20(27)25-23(19)29/h3,5-6,8-11,14,19-20,27H,2,4,7,12-13H2,1H3,(H,25,29). The Bertz CT molecular complexity index is 928. The Balaban J connectivity index is 1.62. The van der Waals surface area contributed by atoms with Crippen LogP contribution in [0.3, 0.4) is 0 Å². The molecule has 2 aliphatic rings. The lowest BCUT2D eigenvalue weighted by Crippen LogP contribution is -2.42. The number of hydrogen-bond donors (Lipinski definition) is 2. The molecular weight excluding hydrogens is 388 g/mol. The summed E-state index contributed by atoms with van der Waals surface area (Å²) in [6, 6.07) is 13.8. The van der Waals surface area contributed by atoms with Gasteiger partial charge in [0.25, 0.3) is 0 Å². The largest absolute Gasteiger partial charge is 0.374 e. The lowest BCUT2D eigenvalue weighted by atomic mass is 9.88. The van der Waals surface area contributed by atoms with Crippen molar-refractivity contribution in [1.82, 2.24) is 5.32 Å². The van der Waals surface area contributed by atoms with Crippen LogP contribution in [0, 0.1) is 0 Å². The highest BCUT2D eigenvalue weighted by molar-refractivity contribution is 6.34. The van der Waals surface area contributed by atoms with Crippen LogP contribution in [0.15, 0.2) is 42.5 Å². The topological polar surface area (TPSA) is 69.6 Å². The van der Waals surface area contributed by atoms with Gasteiger partial charge in [0.1, 0.15) is 6.23 Å². The van der Waals surface area contributed by atoms with Gasteiger partial charge in [0.05, 0.1) is 10.9 Å². The fourth-order valence-electron chi connectivity index (χ4n) is 4.38. The van der Waals surface area contributed by atoms with E-state index in [0.717, 1.165) is 35.2 Å². The maximum Gasteiger partial charge on any atom is 0.229 e. The molecule has 4 rings (SSSR count). The number of piperidine rings is 2. The van der Waals surface area contributed by atoms with Crippen molar-refractivity contribution in [3.05, 3.63) is 53.1 Å². The van der Waals surface area contributed by atoms with Gasteiger partial charge in [-0.1, -0.05) is 41.9 Å². The van der Waals surface area contributed by atoms with Crippen LogP contribution >= 0.6 is 11.6 Å². The van der Waals surface area contributed by atoms with Crippen LogP contribution < -0.4 is 10.2 Å². The van der Waals surface area contributed by atoms with E-state index < -0.39 is 6.23 Å². The number of aliphatic hydroxyl groups is 1. The molecule has 2 amide bonds. The fraction of sp³-hybridized carbons (Fsp3) is 0.391. The summed E-state index contributed by atoms with van der Waals surface area (Å²) in [5, 5.41) is 12.8. The summed E-state index contributed by atoms with van der Waals surface area (Å²) in [6.07, 6.45) is 2.84. The molecule has 6 heteroatoms. The van der Waals surface area contributed by atoms with E-state index in [4.69, 9.17) is 11.6 Å². The number of carbonyl (C=O) groups is 2. The second-order valence-corrected chi connectivity index (χ2v) is 8.29. The third-order valence-corrected chi connectivity index (χ3v) is 6.36. The highest BCUT2D eigenvalue weighted by Crippen LogP contribution is 2.38. The van der Waals surface area contributed by atoms with Crippen LogP contribution in [0.1, 0.15) is 50.5 Å². The number of benzene rings is 2. The van der Waals surface area contributed by atoms with E-state index in [2.05, 4.69) is 12.2 Å². The lowest BCUT2D eigenvalue weighted by Gasteiger charge is -2.33. The highest BCUT2D eigenvalue weighted by Gasteiger charge is 2.30. The first-order valence-electron chi connectivity index (χ1n) is 10.1. The van der Waals surface area contributed by atoms with E-state index in [1.54, 1.807) is 0 Å². The summed E-state index contributed by atoms with van der Waals surface area (Å²) in [5.74, 6) is -0.394. The van der Waals surface area contributed by atoms with Crippen LogP contribution in [0.4, 0.5) is 5.69 Å². The summed E-state index contributed by atoms with van der Waals surface area (Å²) >= 11 is 6.71. The zero-order valence-corrected chi connectivity index (χ0v) is 17.2. The molecule has 5 nitrogen and oxygen atoms in total. The predicted octanol–water partition coefficient (Wildman–Crippen LogP) is 4.22. The van der Waals surface area contributed by atoms with Gasteiger partial charge in [-0.2, -0.15) is 0 Å². The Morgan fingerprint density at radius 2 is 1.83 bits per heavy atom. The first-order chi connectivity index (χ1) is 14.0. The van der Waals surface area contributed by atoms with Gasteiger partial charge in [0.2, 0.25) is 11.8 Å². The van der Waals surface area contributed by atoms with Crippen LogP contribution in [-0.4, -0.2) is 29.2 Å². The zero-order chi connectivity index (χ0) is 20.5. The van der Waals surface area contributed by atoms with E-state index >= 15 is 0 Å². The number of anilines is 1. The molecule has 0 spiro atoms. The van der Waals surface area contributed by atoms with Gasteiger partial charge in [0.15, 0.2) is 0 Å². The Labute approximate surface area is 175 Å². The molecule has 152 valence electrons. The third-order valence-electron chi connectivity index (χ3n) is 5.94. The number of nitrogens with one attached hydrogen (secondary N) is 1. The Hall–Kier alpha value is -2.37. The molecule has 2 aromatic carbocycles. The maximum atomic E-state index is 12.3. The monoisotopic (exact) mass is 412 g/mol. The summed E-state index contributed by atoms with van der Waals surface area (Å²) in [7, 11) is 0. The fourth-order valence-corrected chi connectivity index (χ4v) is 4.74. The zero-order valence-electron chi connectivity index (χ0n) is 16.4. The number of carbonyl (C=O) groups excluding carboxylic acids is 2. The molecule has 2 aliphatic heterocycles. The predicted molar refractivity (Wildman–Crippen MR) is 114 cm³/mol. The molecule has 2 aromatic rings. The Kier molecular flexibility index (Phi) is 5.61. The first kappa shape index (κ1) is 19.9. The molecule has 0 aliphatic carbocycles. The molecule has 0 aromatic heterocycles. The van der Waals surface area contributed by atoms with Crippen molar-refractivity contribution in [2.24, 2.45) is 0 Å². The van der Waals surface area contributed by atoms with Crippen molar-refractivity contribution in [1.29, 1.82) is 0 Å². The van der Waals surface area contributed by atoms with Crippen molar-refractivity contribution >= 4 is 29.1 Å². The second kappa shape index (κ2) is 8.17. The van der Waals surface area contributed by atoms with Gasteiger partial charge in [-0.25, -0.2) is 0 Å². The summed E-state index contributed by atoms with van der Waals surface area (Å²) < 4.78 is 0. The van der Waals surface area contributed by atoms with Crippen molar-refractivity contribution in [3.8, 4) is 11.1 Å². The molecule has 2 N–H and O–H groups in total. The number of hydrogen-bond acceptors (Lipinski definition) is 3. The molecule has 2 saturated heterocycles. The quantitative estimate of drug-likeness (QED) is 0.792. The van der Waals surface area contributed by atoms with Crippen molar-refractivity contribution in [3.63, 3.8) is 0 Å². The van der Waals surface area contributed by atoms with Crippen LogP contribution in [0.25, 0.3) is 11.1 Å². The molecule has 0 saturated carbocycles. The number of aliphatic hydroxyl groups excluding tert-OH is 1. The van der Waals surface area contributed by atoms with E-state index in [1.165, 1.54) is 0 Å². The minimum absolute atomic E-state index is 0.169. The highest BCUT2D eigenvalue weighted by atomic mass is 35.5. The molecule has 0 bridgehead atoms. The molecular formula is C23H25ClN2O3. The van der Waals surface area contributed by atoms with Crippen LogP contribution in [-0.2, 0) is 9.59 Å². The van der Waals surface area contributed by atoms with Gasteiger partial charge in [-0.3, -0.25) is 9.59 Å². The van der Waals surface area contributed by atoms with Crippen molar-refractivity contribution in [2.45, 2.75) is 57.2 Å². The summed E-state index contributed by atoms with van der Waals surface area (Å²) in [5.41, 5.74) is 3.47. The van der Waals surface area contributed by atoms with Gasteiger partial charge in [0, 0.05) is 23.7 Å². The van der Waals surface area contributed by atoms with Crippen LogP contribution in [0.2, 0.25) is 5.02 Å². The molecule has 3 atom stereocenters. The Morgan fingerprint density at radius 3 is 2.52 bits per heavy atom. The number of halogens is 1. The molecule has 29 heavy (non-hydrogen) atoms.